The number of methoxy groups -OCH3 is 1. The Morgan fingerprint density at radius 3 is 2.53 bits per heavy atom. The molecule has 0 aliphatic heterocycles. The van der Waals surface area contributed by atoms with E-state index >= 15 is 0 Å². The van der Waals surface area contributed by atoms with Crippen molar-refractivity contribution < 1.29 is 9.53 Å². The average molecular weight is 274 g/mol. The molecule has 1 amide bonds. The third-order valence-corrected chi connectivity index (χ3v) is 3.73. The van der Waals surface area contributed by atoms with Crippen LogP contribution < -0.4 is 16.2 Å². The lowest BCUT2D eigenvalue weighted by Crippen LogP contribution is -2.11. The minimum Gasteiger partial charge on any atom is -0.496 e. The largest absolute Gasteiger partial charge is 0.496 e. The van der Waals surface area contributed by atoms with Crippen molar-refractivity contribution in [3.8, 4) is 5.75 Å². The molecule has 0 fully saturated rings. The lowest BCUT2D eigenvalue weighted by Gasteiger charge is -2.10. The van der Waals surface area contributed by atoms with Gasteiger partial charge in [0.05, 0.1) is 12.0 Å². The van der Waals surface area contributed by atoms with Crippen LogP contribution in [0.25, 0.3) is 0 Å². The highest BCUT2D eigenvalue weighted by Gasteiger charge is 2.09. The second-order valence-corrected chi connectivity index (χ2v) is 4.95. The number of hydrogen-bond acceptors (Lipinski definition) is 4. The molecule has 0 unspecified atom stereocenters. The highest BCUT2D eigenvalue weighted by molar-refractivity contribution is 7.99. The van der Waals surface area contributed by atoms with E-state index in [9.17, 15) is 4.79 Å². The molecule has 0 bridgehead atoms. The summed E-state index contributed by atoms with van der Waals surface area (Å²) in [5.41, 5.74) is 12.1. The van der Waals surface area contributed by atoms with E-state index in [-0.39, 0.29) is 0 Å². The minimum absolute atomic E-state index is 0.405. The molecule has 0 radical (unpaired) electrons. The first-order valence-corrected chi connectivity index (χ1v) is 6.43. The van der Waals surface area contributed by atoms with Crippen molar-refractivity contribution in [3.05, 3.63) is 48.0 Å². The highest BCUT2D eigenvalue weighted by Crippen LogP contribution is 2.37. The molecule has 0 saturated carbocycles. The molecule has 0 saturated heterocycles. The third kappa shape index (κ3) is 3.00. The predicted octanol–water partition coefficient (Wildman–Crippen LogP) is 2.53. The van der Waals surface area contributed by atoms with Crippen LogP contribution in [-0.2, 0) is 0 Å². The second-order valence-electron chi connectivity index (χ2n) is 3.87. The summed E-state index contributed by atoms with van der Waals surface area (Å²) in [7, 11) is 1.62. The van der Waals surface area contributed by atoms with Crippen LogP contribution in [0, 0.1) is 0 Å². The van der Waals surface area contributed by atoms with Gasteiger partial charge in [0, 0.05) is 16.1 Å². The van der Waals surface area contributed by atoms with E-state index < -0.39 is 5.91 Å². The normalized spacial score (nSPS) is 10.2. The van der Waals surface area contributed by atoms with Crippen LogP contribution in [0.1, 0.15) is 10.4 Å². The highest BCUT2D eigenvalue weighted by atomic mass is 32.2. The summed E-state index contributed by atoms with van der Waals surface area (Å²) in [6.45, 7) is 0. The van der Waals surface area contributed by atoms with Gasteiger partial charge in [-0.05, 0) is 30.3 Å². The van der Waals surface area contributed by atoms with Gasteiger partial charge in [-0.25, -0.2) is 0 Å². The van der Waals surface area contributed by atoms with Crippen molar-refractivity contribution >= 4 is 23.4 Å². The van der Waals surface area contributed by atoms with Crippen molar-refractivity contribution in [2.75, 3.05) is 12.8 Å². The van der Waals surface area contributed by atoms with E-state index in [0.29, 0.717) is 11.3 Å². The van der Waals surface area contributed by atoms with Crippen molar-refractivity contribution in [1.82, 2.24) is 0 Å². The molecule has 2 rings (SSSR count). The third-order valence-electron chi connectivity index (χ3n) is 2.58. The minimum atomic E-state index is -0.486. The maximum Gasteiger partial charge on any atom is 0.248 e. The van der Waals surface area contributed by atoms with Gasteiger partial charge in [0.15, 0.2) is 0 Å². The van der Waals surface area contributed by atoms with E-state index in [1.54, 1.807) is 25.3 Å². The Balaban J connectivity index is 2.31. The summed E-state index contributed by atoms with van der Waals surface area (Å²) < 4.78 is 5.28. The summed E-state index contributed by atoms with van der Waals surface area (Å²) in [6, 6.07) is 12.7. The molecular weight excluding hydrogens is 260 g/mol. The molecule has 0 aliphatic rings. The zero-order valence-corrected chi connectivity index (χ0v) is 11.2. The van der Waals surface area contributed by atoms with Crippen LogP contribution in [0.4, 0.5) is 5.69 Å². The maximum absolute atomic E-state index is 11.1. The van der Waals surface area contributed by atoms with Crippen LogP contribution in [0.2, 0.25) is 0 Å². The molecule has 5 heteroatoms. The summed E-state index contributed by atoms with van der Waals surface area (Å²) in [4.78, 5) is 12.9. The van der Waals surface area contributed by atoms with Gasteiger partial charge in [-0.15, -0.1) is 0 Å². The van der Waals surface area contributed by atoms with Gasteiger partial charge in [0.1, 0.15) is 5.75 Å². The number of para-hydroxylation sites is 1. The van der Waals surface area contributed by atoms with Gasteiger partial charge < -0.3 is 16.2 Å². The Kier molecular flexibility index (Phi) is 3.97. The lowest BCUT2D eigenvalue weighted by atomic mass is 10.2. The number of ether oxygens (including phenoxy) is 1. The molecule has 0 heterocycles. The first-order valence-electron chi connectivity index (χ1n) is 5.62. The smallest absolute Gasteiger partial charge is 0.248 e. The zero-order chi connectivity index (χ0) is 13.8. The molecule has 0 atom stereocenters. The molecule has 0 aromatic heterocycles. The van der Waals surface area contributed by atoms with Gasteiger partial charge in [0.2, 0.25) is 5.91 Å². The number of rotatable bonds is 4. The number of amides is 1. The average Bonchev–Trinajstić information content (AvgIpc) is 2.41. The number of anilines is 1. The van der Waals surface area contributed by atoms with Gasteiger partial charge >= 0.3 is 0 Å². The van der Waals surface area contributed by atoms with Crippen molar-refractivity contribution in [2.24, 2.45) is 5.73 Å². The molecule has 2 aromatic carbocycles. The lowest BCUT2D eigenvalue weighted by molar-refractivity contribution is 0.100. The summed E-state index contributed by atoms with van der Waals surface area (Å²) in [5.74, 6) is 0.298. The second kappa shape index (κ2) is 5.67. The van der Waals surface area contributed by atoms with E-state index in [1.807, 2.05) is 24.3 Å². The first kappa shape index (κ1) is 13.3. The van der Waals surface area contributed by atoms with Gasteiger partial charge in [0.25, 0.3) is 0 Å². The van der Waals surface area contributed by atoms with Crippen molar-refractivity contribution in [3.63, 3.8) is 0 Å². The van der Waals surface area contributed by atoms with E-state index in [4.69, 9.17) is 16.2 Å². The summed E-state index contributed by atoms with van der Waals surface area (Å²) >= 11 is 1.48. The fourth-order valence-electron chi connectivity index (χ4n) is 1.62. The predicted molar refractivity (Wildman–Crippen MR) is 76.5 cm³/mol. The monoisotopic (exact) mass is 274 g/mol. The van der Waals surface area contributed by atoms with Crippen LogP contribution in [0.3, 0.4) is 0 Å². The zero-order valence-electron chi connectivity index (χ0n) is 10.4. The van der Waals surface area contributed by atoms with Crippen LogP contribution in [0.5, 0.6) is 5.75 Å². The van der Waals surface area contributed by atoms with E-state index in [0.717, 1.165) is 15.5 Å². The number of carbonyl (C=O) groups excluding carboxylic acids is 1. The Hall–Kier alpha value is -2.14. The van der Waals surface area contributed by atoms with Crippen LogP contribution in [-0.4, -0.2) is 13.0 Å². The van der Waals surface area contributed by atoms with Crippen molar-refractivity contribution in [1.29, 1.82) is 0 Å². The van der Waals surface area contributed by atoms with E-state index in [2.05, 4.69) is 0 Å². The van der Waals surface area contributed by atoms with Gasteiger partial charge in [-0.2, -0.15) is 0 Å². The Morgan fingerprint density at radius 2 is 1.89 bits per heavy atom. The van der Waals surface area contributed by atoms with Gasteiger partial charge in [-0.3, -0.25) is 4.79 Å². The number of nitrogens with two attached hydrogens (primary N) is 2. The SMILES string of the molecule is COc1ccccc1Sc1ccc(C(N)=O)cc1N. The Bertz CT molecular complexity index is 614. The molecule has 2 aromatic rings. The number of hydrogen-bond donors (Lipinski definition) is 2. The molecule has 19 heavy (non-hydrogen) atoms. The molecule has 4 nitrogen and oxygen atoms in total. The molecule has 0 spiro atoms. The Morgan fingerprint density at radius 1 is 1.16 bits per heavy atom. The van der Waals surface area contributed by atoms with Gasteiger partial charge in [-0.1, -0.05) is 23.9 Å². The van der Waals surface area contributed by atoms with Crippen LogP contribution >= 0.6 is 11.8 Å². The molecule has 98 valence electrons. The summed E-state index contributed by atoms with van der Waals surface area (Å²) in [6.07, 6.45) is 0. The maximum atomic E-state index is 11.1. The fraction of sp³-hybridized carbons (Fsp3) is 0.0714. The number of nitrogen functional groups attached to an aromatic ring is 1. The number of primary amides is 1. The van der Waals surface area contributed by atoms with E-state index in [1.165, 1.54) is 11.8 Å². The fourth-order valence-corrected chi connectivity index (χ4v) is 2.56. The summed E-state index contributed by atoms with van der Waals surface area (Å²) in [5, 5.41) is 0. The van der Waals surface area contributed by atoms with Crippen LogP contribution in [0.15, 0.2) is 52.3 Å². The standard InChI is InChI=1S/C14H14N2O2S/c1-18-11-4-2-3-5-13(11)19-12-7-6-9(14(16)17)8-10(12)15/h2-8H,15H2,1H3,(H2,16,17). The molecule has 4 N–H and O–H groups in total. The Labute approximate surface area is 115 Å². The first-order chi connectivity index (χ1) is 9.11. The number of benzene rings is 2. The van der Waals surface area contributed by atoms with Crippen molar-refractivity contribution in [2.45, 2.75) is 9.79 Å². The topological polar surface area (TPSA) is 78.3 Å². The number of carbonyl (C=O) groups is 1. The quantitative estimate of drug-likeness (QED) is 0.840. The molecular formula is C14H14N2O2S. The molecule has 0 aliphatic carbocycles.